The van der Waals surface area contributed by atoms with Crippen molar-refractivity contribution in [2.75, 3.05) is 19.0 Å². The SMILES string of the molecule is CC(=O)c1cccc(-c2cc(N(C)C)c3c(c2O)C(O)=C2C(=O)C4(O)C(O)=C(C(N)=O)C(=O)CC4CC2C3)c1. The van der Waals surface area contributed by atoms with Crippen LogP contribution >= 0.6 is 0 Å². The fourth-order valence-electron chi connectivity index (χ4n) is 6.19. The number of primary amides is 1. The molecule has 2 aromatic carbocycles. The molecule has 0 aromatic heterocycles. The second-order valence-corrected chi connectivity index (χ2v) is 10.6. The van der Waals surface area contributed by atoms with Crippen LogP contribution in [0.2, 0.25) is 0 Å². The van der Waals surface area contributed by atoms with Gasteiger partial charge >= 0.3 is 0 Å². The van der Waals surface area contributed by atoms with E-state index in [1.807, 2.05) is 0 Å². The zero-order valence-corrected chi connectivity index (χ0v) is 21.6. The number of nitrogens with zero attached hydrogens (tertiary/aromatic N) is 1. The molecule has 1 fully saturated rings. The number of Topliss-reactive ketones (excluding diaryl/α,β-unsaturated/α-hetero) is 3. The molecule has 1 saturated carbocycles. The van der Waals surface area contributed by atoms with E-state index in [1.165, 1.54) is 6.92 Å². The average molecular weight is 533 g/mol. The Bertz CT molecular complexity index is 1570. The van der Waals surface area contributed by atoms with Gasteiger partial charge in [-0.1, -0.05) is 18.2 Å². The lowest BCUT2D eigenvalue weighted by Gasteiger charge is -2.46. The van der Waals surface area contributed by atoms with Gasteiger partial charge in [0.05, 0.1) is 5.56 Å². The molecule has 6 N–H and O–H groups in total. The van der Waals surface area contributed by atoms with Crippen molar-refractivity contribution in [1.29, 1.82) is 0 Å². The number of amides is 1. The summed E-state index contributed by atoms with van der Waals surface area (Å²) >= 11 is 0. The number of fused-ring (bicyclic) bond motifs is 3. The van der Waals surface area contributed by atoms with E-state index >= 15 is 0 Å². The summed E-state index contributed by atoms with van der Waals surface area (Å²) in [6.07, 6.45) is -0.124. The van der Waals surface area contributed by atoms with Crippen LogP contribution in [0.3, 0.4) is 0 Å². The first-order chi connectivity index (χ1) is 18.3. The molecule has 0 bridgehead atoms. The Hall–Kier alpha value is -4.44. The first-order valence-electron chi connectivity index (χ1n) is 12.4. The molecule has 2 aromatic rings. The Balaban J connectivity index is 1.75. The number of phenolic OH excluding ortho intramolecular Hbond substituents is 1. The van der Waals surface area contributed by atoms with Crippen LogP contribution < -0.4 is 10.6 Å². The number of anilines is 1. The van der Waals surface area contributed by atoms with E-state index in [-0.39, 0.29) is 41.9 Å². The van der Waals surface area contributed by atoms with E-state index in [1.54, 1.807) is 49.3 Å². The lowest BCUT2D eigenvalue weighted by Crippen LogP contribution is -2.58. The van der Waals surface area contributed by atoms with Crippen LogP contribution in [0.15, 0.2) is 47.2 Å². The maximum absolute atomic E-state index is 13.8. The number of aliphatic hydroxyl groups excluding tert-OH is 2. The molecule has 10 heteroatoms. The highest BCUT2D eigenvalue weighted by Crippen LogP contribution is 2.54. The maximum Gasteiger partial charge on any atom is 0.255 e. The van der Waals surface area contributed by atoms with Gasteiger partial charge in [-0.15, -0.1) is 0 Å². The summed E-state index contributed by atoms with van der Waals surface area (Å²) in [5.74, 6) is -6.91. The van der Waals surface area contributed by atoms with Crippen molar-refractivity contribution in [3.05, 3.63) is 63.9 Å². The molecule has 3 atom stereocenters. The summed E-state index contributed by atoms with van der Waals surface area (Å²) in [5.41, 5.74) is 4.05. The summed E-state index contributed by atoms with van der Waals surface area (Å²) in [6, 6.07) is 8.38. The normalized spacial score (nSPS) is 24.2. The third-order valence-electron chi connectivity index (χ3n) is 8.10. The van der Waals surface area contributed by atoms with E-state index in [4.69, 9.17) is 5.73 Å². The Morgan fingerprint density at radius 2 is 1.77 bits per heavy atom. The monoisotopic (exact) mass is 532 g/mol. The van der Waals surface area contributed by atoms with Crippen LogP contribution in [-0.4, -0.2) is 63.4 Å². The van der Waals surface area contributed by atoms with Crippen LogP contribution in [0.5, 0.6) is 5.75 Å². The molecule has 0 radical (unpaired) electrons. The zero-order chi connectivity index (χ0) is 28.5. The van der Waals surface area contributed by atoms with Crippen LogP contribution in [0.1, 0.15) is 41.3 Å². The number of phenols is 1. The number of hydrogen-bond acceptors (Lipinski definition) is 9. The van der Waals surface area contributed by atoms with Gasteiger partial charge < -0.3 is 31.1 Å². The van der Waals surface area contributed by atoms with E-state index in [9.17, 15) is 39.6 Å². The van der Waals surface area contributed by atoms with Crippen molar-refractivity contribution in [3.63, 3.8) is 0 Å². The Morgan fingerprint density at radius 1 is 1.08 bits per heavy atom. The topological polar surface area (TPSA) is 178 Å². The van der Waals surface area contributed by atoms with Gasteiger partial charge in [0.2, 0.25) is 5.78 Å². The number of benzene rings is 2. The lowest BCUT2D eigenvalue weighted by molar-refractivity contribution is -0.147. The molecule has 0 heterocycles. The third-order valence-corrected chi connectivity index (χ3v) is 8.10. The molecule has 0 aliphatic heterocycles. The quantitative estimate of drug-likeness (QED) is 0.292. The number of hydrogen-bond donors (Lipinski definition) is 5. The Morgan fingerprint density at radius 3 is 2.38 bits per heavy atom. The number of ketones is 3. The van der Waals surface area contributed by atoms with Crippen molar-refractivity contribution in [1.82, 2.24) is 0 Å². The number of nitrogens with two attached hydrogens (primary N) is 1. The summed E-state index contributed by atoms with van der Waals surface area (Å²) in [5, 5.41) is 45.1. The van der Waals surface area contributed by atoms with E-state index in [0.717, 1.165) is 0 Å². The van der Waals surface area contributed by atoms with Gasteiger partial charge in [-0.3, -0.25) is 19.2 Å². The molecular weight excluding hydrogens is 504 g/mol. The van der Waals surface area contributed by atoms with Gasteiger partial charge in [0, 0.05) is 48.8 Å². The van der Waals surface area contributed by atoms with Crippen molar-refractivity contribution in [2.45, 2.75) is 31.8 Å². The molecule has 10 nitrogen and oxygen atoms in total. The minimum Gasteiger partial charge on any atom is -0.508 e. The maximum atomic E-state index is 13.8. The van der Waals surface area contributed by atoms with Crippen molar-refractivity contribution < 1.29 is 39.6 Å². The summed E-state index contributed by atoms with van der Waals surface area (Å²) in [4.78, 5) is 51.9. The first-order valence-corrected chi connectivity index (χ1v) is 12.4. The van der Waals surface area contributed by atoms with Crippen LogP contribution in [0.4, 0.5) is 5.69 Å². The summed E-state index contributed by atoms with van der Waals surface area (Å²) in [6.45, 7) is 1.42. The average Bonchev–Trinajstić information content (AvgIpc) is 2.86. The molecule has 5 rings (SSSR count). The molecular formula is C29H28N2O8. The highest BCUT2D eigenvalue weighted by molar-refractivity contribution is 6.22. The van der Waals surface area contributed by atoms with Crippen molar-refractivity contribution in [3.8, 4) is 16.9 Å². The molecule has 3 aliphatic rings. The summed E-state index contributed by atoms with van der Waals surface area (Å²) in [7, 11) is 3.58. The number of rotatable bonds is 4. The minimum absolute atomic E-state index is 0.00319. The largest absolute Gasteiger partial charge is 0.508 e. The van der Waals surface area contributed by atoms with Crippen LogP contribution in [0, 0.1) is 11.8 Å². The van der Waals surface area contributed by atoms with Crippen LogP contribution in [-0.2, 0) is 20.8 Å². The van der Waals surface area contributed by atoms with E-state index in [2.05, 4.69) is 0 Å². The molecule has 3 unspecified atom stereocenters. The van der Waals surface area contributed by atoms with Gasteiger partial charge in [-0.25, -0.2) is 0 Å². The molecule has 39 heavy (non-hydrogen) atoms. The van der Waals surface area contributed by atoms with Gasteiger partial charge in [0.15, 0.2) is 17.2 Å². The van der Waals surface area contributed by atoms with Gasteiger partial charge in [-0.2, -0.15) is 0 Å². The number of aliphatic hydroxyl groups is 3. The molecule has 0 saturated heterocycles. The number of aromatic hydroxyl groups is 1. The highest BCUT2D eigenvalue weighted by atomic mass is 16.3. The smallest absolute Gasteiger partial charge is 0.255 e. The fraction of sp³-hybridized carbons (Fsp3) is 0.310. The second-order valence-electron chi connectivity index (χ2n) is 10.6. The van der Waals surface area contributed by atoms with Gasteiger partial charge in [-0.05, 0) is 48.9 Å². The molecule has 202 valence electrons. The fourth-order valence-corrected chi connectivity index (χ4v) is 6.19. The number of carbonyl (C=O) groups excluding carboxylic acids is 4. The van der Waals surface area contributed by atoms with Gasteiger partial charge in [0.1, 0.15) is 22.8 Å². The Kier molecular flexibility index (Phi) is 5.91. The second kappa shape index (κ2) is 8.81. The first kappa shape index (κ1) is 26.2. The van der Waals surface area contributed by atoms with Crippen LogP contribution in [0.25, 0.3) is 16.9 Å². The lowest BCUT2D eigenvalue weighted by atomic mass is 9.59. The van der Waals surface area contributed by atoms with Crippen molar-refractivity contribution in [2.24, 2.45) is 17.6 Å². The molecule has 1 amide bonds. The predicted molar refractivity (Wildman–Crippen MR) is 141 cm³/mol. The standard InChI is InChI=1S/C29H28N2O8/c1-12(32)13-5-4-6-14(7-13)17-11-19(31(2)3)18-9-15-8-16-10-20(33)23(28(30)38)27(37)29(16,39)26(36)21(15)25(35)22(18)24(17)34/h4-7,11,15-16,34-35,37,39H,8-10H2,1-3H3,(H2,30,38). The van der Waals surface area contributed by atoms with E-state index in [0.29, 0.717) is 27.9 Å². The molecule has 0 spiro atoms. The van der Waals surface area contributed by atoms with Crippen molar-refractivity contribution >= 4 is 34.7 Å². The minimum atomic E-state index is -2.62. The predicted octanol–water partition coefficient (Wildman–Crippen LogP) is 2.36. The molecule has 3 aliphatic carbocycles. The zero-order valence-electron chi connectivity index (χ0n) is 21.6. The number of carbonyl (C=O) groups is 4. The summed E-state index contributed by atoms with van der Waals surface area (Å²) < 4.78 is 0. The highest BCUT2D eigenvalue weighted by Gasteiger charge is 2.60. The van der Waals surface area contributed by atoms with Gasteiger partial charge in [0.25, 0.3) is 5.91 Å². The Labute approximate surface area is 223 Å². The van der Waals surface area contributed by atoms with E-state index < -0.39 is 52.0 Å². The third kappa shape index (κ3) is 3.66.